The Labute approximate surface area is 170 Å². The Morgan fingerprint density at radius 2 is 1.90 bits per heavy atom. The highest BCUT2D eigenvalue weighted by atomic mass is 15.3. The van der Waals surface area contributed by atoms with Gasteiger partial charge in [0.05, 0.1) is 17.1 Å². The first kappa shape index (κ1) is 19.1. The second kappa shape index (κ2) is 8.00. The Kier molecular flexibility index (Phi) is 5.26. The molecule has 3 aromatic rings. The number of anilines is 2. The highest BCUT2D eigenvalue weighted by Gasteiger charge is 2.21. The summed E-state index contributed by atoms with van der Waals surface area (Å²) in [6.07, 6.45) is 3.23. The number of nitrogens with one attached hydrogen (secondary N) is 2. The van der Waals surface area contributed by atoms with Gasteiger partial charge >= 0.3 is 0 Å². The molecule has 0 aliphatic carbocycles. The predicted octanol–water partition coefficient (Wildman–Crippen LogP) is 2.40. The lowest BCUT2D eigenvalue weighted by molar-refractivity contribution is 0.209. The number of hydrogen-bond acceptors (Lipinski definition) is 7. The molecule has 1 saturated heterocycles. The number of H-pyrrole nitrogens is 1. The monoisotopic (exact) mass is 390 g/mol. The Morgan fingerprint density at radius 3 is 2.59 bits per heavy atom. The van der Waals surface area contributed by atoms with Gasteiger partial charge in [0.2, 0.25) is 0 Å². The number of nitrogens with two attached hydrogens (primary N) is 1. The Bertz CT molecular complexity index is 988. The van der Waals surface area contributed by atoms with Gasteiger partial charge in [0, 0.05) is 61.3 Å². The number of nitrogens with zero attached hydrogens (tertiary/aromatic N) is 5. The fraction of sp³-hybridized carbons (Fsp3) is 0.333. The summed E-state index contributed by atoms with van der Waals surface area (Å²) >= 11 is 0. The summed E-state index contributed by atoms with van der Waals surface area (Å²) in [5, 5.41) is 15.6. The maximum atomic E-state index is 8.71. The van der Waals surface area contributed by atoms with E-state index in [-0.39, 0.29) is 5.71 Å². The first-order chi connectivity index (χ1) is 14.0. The summed E-state index contributed by atoms with van der Waals surface area (Å²) in [7, 11) is 0. The predicted molar refractivity (Wildman–Crippen MR) is 115 cm³/mol. The van der Waals surface area contributed by atoms with Crippen molar-refractivity contribution in [2.24, 2.45) is 0 Å². The highest BCUT2D eigenvalue weighted by molar-refractivity contribution is 6.13. The van der Waals surface area contributed by atoms with Gasteiger partial charge in [0.1, 0.15) is 12.1 Å². The Morgan fingerprint density at radius 1 is 1.10 bits per heavy atom. The summed E-state index contributed by atoms with van der Waals surface area (Å²) in [5.41, 5.74) is 10.0. The number of nitrogen functional groups attached to an aromatic ring is 1. The molecule has 0 radical (unpaired) electrons. The minimum Gasteiger partial charge on any atom is -0.398 e. The van der Waals surface area contributed by atoms with E-state index in [0.717, 1.165) is 43.3 Å². The largest absolute Gasteiger partial charge is 0.398 e. The maximum absolute atomic E-state index is 8.71. The van der Waals surface area contributed by atoms with E-state index in [1.807, 2.05) is 30.3 Å². The van der Waals surface area contributed by atoms with E-state index in [4.69, 9.17) is 11.1 Å². The summed E-state index contributed by atoms with van der Waals surface area (Å²) in [6.45, 7) is 8.29. The minimum absolute atomic E-state index is 0.285. The lowest BCUT2D eigenvalue weighted by Gasteiger charge is -2.37. The van der Waals surface area contributed by atoms with Gasteiger partial charge in [0.25, 0.3) is 0 Å². The third kappa shape index (κ3) is 3.97. The molecule has 1 fully saturated rings. The van der Waals surface area contributed by atoms with Crippen LogP contribution in [-0.4, -0.2) is 63.0 Å². The van der Waals surface area contributed by atoms with E-state index in [1.165, 1.54) is 6.33 Å². The highest BCUT2D eigenvalue weighted by Crippen LogP contribution is 2.25. The number of aromatic nitrogens is 4. The molecule has 0 saturated carbocycles. The van der Waals surface area contributed by atoms with Gasteiger partial charge in [-0.25, -0.2) is 9.97 Å². The lowest BCUT2D eigenvalue weighted by atomic mass is 10.0. The zero-order valence-corrected chi connectivity index (χ0v) is 16.8. The summed E-state index contributed by atoms with van der Waals surface area (Å²) < 4.78 is 0. The molecule has 0 amide bonds. The quantitative estimate of drug-likeness (QED) is 0.456. The van der Waals surface area contributed by atoms with E-state index in [0.29, 0.717) is 23.0 Å². The van der Waals surface area contributed by atoms with Crippen LogP contribution in [0, 0.1) is 5.41 Å². The van der Waals surface area contributed by atoms with Crippen molar-refractivity contribution in [2.75, 3.05) is 36.8 Å². The van der Waals surface area contributed by atoms with Crippen molar-refractivity contribution in [2.45, 2.75) is 19.9 Å². The van der Waals surface area contributed by atoms with E-state index >= 15 is 0 Å². The van der Waals surface area contributed by atoms with Gasteiger partial charge in [-0.3, -0.25) is 15.4 Å². The molecule has 0 unspecified atom stereocenters. The molecular weight excluding hydrogens is 364 g/mol. The molecule has 1 aliphatic heterocycles. The number of benzene rings is 1. The van der Waals surface area contributed by atoms with E-state index in [2.05, 4.69) is 43.8 Å². The average Bonchev–Trinajstić information content (AvgIpc) is 3.29. The van der Waals surface area contributed by atoms with Crippen LogP contribution in [0.2, 0.25) is 0 Å². The fourth-order valence-corrected chi connectivity index (χ4v) is 3.62. The van der Waals surface area contributed by atoms with Crippen LogP contribution in [0.1, 0.15) is 25.1 Å². The second-order valence-electron chi connectivity index (χ2n) is 7.53. The van der Waals surface area contributed by atoms with E-state index in [9.17, 15) is 0 Å². The summed E-state index contributed by atoms with van der Waals surface area (Å²) in [4.78, 5) is 13.5. The molecule has 4 N–H and O–H groups in total. The third-order valence-electron chi connectivity index (χ3n) is 5.41. The second-order valence-corrected chi connectivity index (χ2v) is 7.53. The smallest absolute Gasteiger partial charge is 0.132 e. The van der Waals surface area contributed by atoms with Crippen molar-refractivity contribution in [1.29, 1.82) is 5.41 Å². The van der Waals surface area contributed by atoms with Crippen LogP contribution in [-0.2, 0) is 0 Å². The molecule has 8 nitrogen and oxygen atoms in total. The Balaban J connectivity index is 1.57. The summed E-state index contributed by atoms with van der Waals surface area (Å²) in [6, 6.07) is 9.95. The average molecular weight is 390 g/mol. The molecule has 2 aromatic heterocycles. The van der Waals surface area contributed by atoms with Crippen molar-refractivity contribution in [3.63, 3.8) is 0 Å². The van der Waals surface area contributed by atoms with Crippen molar-refractivity contribution in [3.8, 4) is 11.3 Å². The number of rotatable bonds is 5. The molecule has 0 atom stereocenters. The van der Waals surface area contributed by atoms with Gasteiger partial charge in [-0.05, 0) is 32.0 Å². The van der Waals surface area contributed by atoms with Gasteiger partial charge in [0.15, 0.2) is 0 Å². The molecular formula is C21H26N8. The van der Waals surface area contributed by atoms with Crippen molar-refractivity contribution < 1.29 is 0 Å². The molecule has 3 heterocycles. The van der Waals surface area contributed by atoms with Gasteiger partial charge < -0.3 is 10.6 Å². The molecule has 1 aromatic carbocycles. The number of hydrogen-bond donors (Lipinski definition) is 3. The molecule has 1 aliphatic rings. The van der Waals surface area contributed by atoms with Crippen LogP contribution in [0.25, 0.3) is 11.3 Å². The van der Waals surface area contributed by atoms with Crippen molar-refractivity contribution >= 4 is 17.2 Å². The maximum Gasteiger partial charge on any atom is 0.132 e. The van der Waals surface area contributed by atoms with Crippen LogP contribution in [0.5, 0.6) is 0 Å². The zero-order valence-electron chi connectivity index (χ0n) is 16.8. The van der Waals surface area contributed by atoms with Crippen LogP contribution in [0.15, 0.2) is 42.9 Å². The molecule has 0 bridgehead atoms. The topological polar surface area (TPSA) is 111 Å². The van der Waals surface area contributed by atoms with Gasteiger partial charge in [-0.15, -0.1) is 0 Å². The van der Waals surface area contributed by atoms with E-state index < -0.39 is 0 Å². The van der Waals surface area contributed by atoms with Crippen molar-refractivity contribution in [3.05, 3.63) is 54.1 Å². The van der Waals surface area contributed by atoms with Crippen LogP contribution in [0.3, 0.4) is 0 Å². The normalized spacial score (nSPS) is 15.1. The van der Waals surface area contributed by atoms with Crippen molar-refractivity contribution in [1.82, 2.24) is 25.1 Å². The number of aromatic amines is 1. The lowest BCUT2D eigenvalue weighted by Crippen LogP contribution is -2.49. The van der Waals surface area contributed by atoms with Crippen LogP contribution in [0.4, 0.5) is 11.5 Å². The standard InChI is InChI=1S/C21H26N8/c1-14(2)28-7-9-29(10-8-28)20-12-19(24-13-25-20)21(23)16-11-15(3-4-17(16)22)18-5-6-26-27-18/h3-6,11-14,23H,7-10,22H2,1-2H3,(H,26,27). The minimum atomic E-state index is 0.285. The molecule has 0 spiro atoms. The third-order valence-corrected chi connectivity index (χ3v) is 5.41. The van der Waals surface area contributed by atoms with E-state index in [1.54, 1.807) is 6.20 Å². The van der Waals surface area contributed by atoms with Gasteiger partial charge in [-0.1, -0.05) is 6.07 Å². The van der Waals surface area contributed by atoms with Crippen LogP contribution >= 0.6 is 0 Å². The molecule has 8 heteroatoms. The SMILES string of the molecule is CC(C)N1CCN(c2cc(C(=N)c3cc(-c4ccn[nH]4)ccc3N)ncn2)CC1. The first-order valence-corrected chi connectivity index (χ1v) is 9.82. The van der Waals surface area contributed by atoms with Gasteiger partial charge in [-0.2, -0.15) is 5.10 Å². The molecule has 150 valence electrons. The first-order valence-electron chi connectivity index (χ1n) is 9.82. The summed E-state index contributed by atoms with van der Waals surface area (Å²) in [5.74, 6) is 0.853. The Hall–Kier alpha value is -3.26. The van der Waals surface area contributed by atoms with Crippen LogP contribution < -0.4 is 10.6 Å². The molecule has 29 heavy (non-hydrogen) atoms. The molecule has 4 rings (SSSR count). The zero-order chi connectivity index (χ0) is 20.4. The fourth-order valence-electron chi connectivity index (χ4n) is 3.62. The number of piperazine rings is 1.